The summed E-state index contributed by atoms with van der Waals surface area (Å²) in [5.41, 5.74) is 17.7. The van der Waals surface area contributed by atoms with Gasteiger partial charge in [0, 0.05) is 44.2 Å². The van der Waals surface area contributed by atoms with Crippen LogP contribution in [0.2, 0.25) is 0 Å². The third kappa shape index (κ3) is 5.34. The molecule has 3 nitrogen and oxygen atoms in total. The summed E-state index contributed by atoms with van der Waals surface area (Å²) in [6.07, 6.45) is 0. The number of aromatic nitrogens is 1. The molecule has 0 spiro atoms. The van der Waals surface area contributed by atoms with Crippen LogP contribution in [0.1, 0.15) is 22.3 Å². The van der Waals surface area contributed by atoms with E-state index < -0.39 is 5.41 Å². The maximum absolute atomic E-state index is 6.26. The van der Waals surface area contributed by atoms with E-state index in [1.54, 1.807) is 0 Å². The van der Waals surface area contributed by atoms with Gasteiger partial charge in [-0.2, -0.15) is 0 Å². The number of hydrogen-bond acceptors (Lipinski definition) is 2. The van der Waals surface area contributed by atoms with Gasteiger partial charge in [0.05, 0.1) is 22.1 Å². The van der Waals surface area contributed by atoms with Crippen molar-refractivity contribution in [1.82, 2.24) is 4.57 Å². The fourth-order valence-corrected chi connectivity index (χ4v) is 10.8. The van der Waals surface area contributed by atoms with E-state index in [-0.39, 0.29) is 0 Å². The second-order valence-electron chi connectivity index (χ2n) is 16.8. The first-order chi connectivity index (χ1) is 31.8. The molecule has 0 N–H and O–H groups in total. The van der Waals surface area contributed by atoms with Gasteiger partial charge in [-0.1, -0.05) is 176 Å². The van der Waals surface area contributed by atoms with Crippen molar-refractivity contribution in [2.45, 2.75) is 5.41 Å². The van der Waals surface area contributed by atoms with Crippen molar-refractivity contribution < 1.29 is 4.42 Å². The maximum atomic E-state index is 6.26. The summed E-state index contributed by atoms with van der Waals surface area (Å²) in [5.74, 6) is 0. The molecule has 10 aromatic carbocycles. The zero-order valence-electron chi connectivity index (χ0n) is 34.9. The summed E-state index contributed by atoms with van der Waals surface area (Å²) in [5, 5.41) is 4.72. The fourth-order valence-electron chi connectivity index (χ4n) is 10.8. The van der Waals surface area contributed by atoms with Crippen LogP contribution in [0.15, 0.2) is 247 Å². The minimum Gasteiger partial charge on any atom is -0.456 e. The molecule has 0 aliphatic heterocycles. The van der Waals surface area contributed by atoms with Crippen LogP contribution in [0.3, 0.4) is 0 Å². The maximum Gasteiger partial charge on any atom is 0.135 e. The van der Waals surface area contributed by atoms with Crippen molar-refractivity contribution in [3.63, 3.8) is 0 Å². The Morgan fingerprint density at radius 3 is 1.69 bits per heavy atom. The van der Waals surface area contributed by atoms with Crippen LogP contribution in [0, 0.1) is 0 Å². The third-order valence-electron chi connectivity index (χ3n) is 13.4. The first kappa shape index (κ1) is 36.3. The molecular weight excluding hydrogens is 777 g/mol. The smallest absolute Gasteiger partial charge is 0.135 e. The Hall–Kier alpha value is -8.40. The zero-order chi connectivity index (χ0) is 42.2. The van der Waals surface area contributed by atoms with Gasteiger partial charge < -0.3 is 13.9 Å². The van der Waals surface area contributed by atoms with Crippen molar-refractivity contribution in [1.29, 1.82) is 0 Å². The number of hydrogen-bond donors (Lipinski definition) is 0. The van der Waals surface area contributed by atoms with Crippen LogP contribution in [0.25, 0.3) is 71.7 Å². The fraction of sp³-hybridized carbons (Fsp3) is 0.0164. The van der Waals surface area contributed by atoms with Gasteiger partial charge >= 0.3 is 0 Å². The van der Waals surface area contributed by atoms with E-state index in [0.29, 0.717) is 0 Å². The second kappa shape index (κ2) is 14.3. The molecule has 300 valence electrons. The van der Waals surface area contributed by atoms with E-state index in [2.05, 4.69) is 240 Å². The molecule has 0 unspecified atom stereocenters. The monoisotopic (exact) mass is 816 g/mol. The number of para-hydroxylation sites is 3. The molecule has 0 saturated heterocycles. The van der Waals surface area contributed by atoms with Crippen molar-refractivity contribution >= 4 is 60.8 Å². The van der Waals surface area contributed by atoms with Gasteiger partial charge in [-0.15, -0.1) is 0 Å². The minimum atomic E-state index is -0.536. The SMILES string of the molecule is c1ccc(C2(c3ccccc3)c3ccccc3-c3c(N(c4cccc(-c5ccc6oc7ccccc7c6c5)c4)c4cccc(-n5c6ccccc6c6ccccc65)c4)cccc32)cc1. The summed E-state index contributed by atoms with van der Waals surface area (Å²) in [6, 6.07) is 88.5. The Morgan fingerprint density at radius 1 is 0.375 bits per heavy atom. The molecule has 1 aliphatic rings. The van der Waals surface area contributed by atoms with Crippen LogP contribution in [0.4, 0.5) is 17.1 Å². The molecule has 2 heterocycles. The number of rotatable bonds is 7. The standard InChI is InChI=1S/C61H40N2O/c1-3-19-43(20-4-1)61(44-21-5-2-6-22-44)53-30-11-7-29-51(53)60-54(61)31-17-34-57(60)62(45-23-15-18-41(38-45)42-36-37-59-52(39-42)50-28-10-14-35-58(50)64-59)46-24-16-25-47(40-46)63-55-32-12-8-26-48(55)49-27-9-13-33-56(49)63/h1-40H. The molecule has 0 bridgehead atoms. The predicted molar refractivity (Wildman–Crippen MR) is 265 cm³/mol. The highest BCUT2D eigenvalue weighted by Crippen LogP contribution is 2.59. The first-order valence-corrected chi connectivity index (χ1v) is 22.0. The molecule has 64 heavy (non-hydrogen) atoms. The summed E-state index contributed by atoms with van der Waals surface area (Å²) in [6.45, 7) is 0. The normalized spacial score (nSPS) is 12.8. The van der Waals surface area contributed by atoms with Gasteiger partial charge in [0.25, 0.3) is 0 Å². The van der Waals surface area contributed by atoms with Crippen molar-refractivity contribution in [3.8, 4) is 27.9 Å². The number of anilines is 3. The highest BCUT2D eigenvalue weighted by molar-refractivity contribution is 6.10. The Labute approximate surface area is 371 Å². The molecule has 0 radical (unpaired) electrons. The lowest BCUT2D eigenvalue weighted by Crippen LogP contribution is -2.28. The Kier molecular flexibility index (Phi) is 8.13. The van der Waals surface area contributed by atoms with Gasteiger partial charge in [-0.25, -0.2) is 0 Å². The molecular formula is C61H40N2O. The van der Waals surface area contributed by atoms with Crippen molar-refractivity contribution in [2.75, 3.05) is 4.90 Å². The number of benzene rings is 10. The largest absolute Gasteiger partial charge is 0.456 e. The van der Waals surface area contributed by atoms with E-state index in [0.717, 1.165) is 55.8 Å². The number of furan rings is 1. The minimum absolute atomic E-state index is 0.536. The van der Waals surface area contributed by atoms with Crippen LogP contribution in [0.5, 0.6) is 0 Å². The second-order valence-corrected chi connectivity index (χ2v) is 16.8. The number of nitrogens with zero attached hydrogens (tertiary/aromatic N) is 2. The van der Waals surface area contributed by atoms with E-state index in [1.807, 2.05) is 12.1 Å². The molecule has 2 aromatic heterocycles. The first-order valence-electron chi connectivity index (χ1n) is 22.0. The van der Waals surface area contributed by atoms with Gasteiger partial charge in [0.2, 0.25) is 0 Å². The van der Waals surface area contributed by atoms with Crippen LogP contribution in [-0.2, 0) is 5.41 Å². The highest BCUT2D eigenvalue weighted by atomic mass is 16.3. The topological polar surface area (TPSA) is 21.3 Å². The van der Waals surface area contributed by atoms with Gasteiger partial charge in [-0.3, -0.25) is 0 Å². The molecule has 0 amide bonds. The Bertz CT molecular complexity index is 3650. The lowest BCUT2D eigenvalue weighted by molar-refractivity contribution is 0.669. The average molecular weight is 817 g/mol. The van der Waals surface area contributed by atoms with E-state index in [1.165, 1.54) is 55.2 Å². The molecule has 0 atom stereocenters. The van der Waals surface area contributed by atoms with Crippen molar-refractivity contribution in [3.05, 3.63) is 265 Å². The average Bonchev–Trinajstić information content (AvgIpc) is 4.01. The molecule has 13 rings (SSSR count). The van der Waals surface area contributed by atoms with Gasteiger partial charge in [0.15, 0.2) is 0 Å². The van der Waals surface area contributed by atoms with E-state index in [9.17, 15) is 0 Å². The molecule has 12 aromatic rings. The zero-order valence-corrected chi connectivity index (χ0v) is 34.9. The molecule has 3 heteroatoms. The lowest BCUT2D eigenvalue weighted by Gasteiger charge is -2.34. The molecule has 0 saturated carbocycles. The van der Waals surface area contributed by atoms with Crippen LogP contribution >= 0.6 is 0 Å². The molecule has 0 fully saturated rings. The summed E-state index contributed by atoms with van der Waals surface area (Å²) in [7, 11) is 0. The quantitative estimate of drug-likeness (QED) is 0.160. The lowest BCUT2D eigenvalue weighted by atomic mass is 9.68. The summed E-state index contributed by atoms with van der Waals surface area (Å²) in [4.78, 5) is 2.48. The predicted octanol–water partition coefficient (Wildman–Crippen LogP) is 16.2. The van der Waals surface area contributed by atoms with Crippen molar-refractivity contribution in [2.24, 2.45) is 0 Å². The van der Waals surface area contributed by atoms with Gasteiger partial charge in [0.1, 0.15) is 11.2 Å². The third-order valence-corrected chi connectivity index (χ3v) is 13.4. The number of fused-ring (bicyclic) bond motifs is 9. The summed E-state index contributed by atoms with van der Waals surface area (Å²) >= 11 is 0. The van der Waals surface area contributed by atoms with Gasteiger partial charge in [-0.05, 0) is 106 Å². The van der Waals surface area contributed by atoms with E-state index >= 15 is 0 Å². The van der Waals surface area contributed by atoms with Crippen LogP contribution < -0.4 is 4.90 Å². The molecule has 1 aliphatic carbocycles. The summed E-state index contributed by atoms with van der Waals surface area (Å²) < 4.78 is 8.67. The van der Waals surface area contributed by atoms with E-state index in [4.69, 9.17) is 4.42 Å². The Balaban J connectivity index is 1.08. The van der Waals surface area contributed by atoms with Crippen LogP contribution in [-0.4, -0.2) is 4.57 Å². The Morgan fingerprint density at radius 2 is 0.938 bits per heavy atom. The highest BCUT2D eigenvalue weighted by Gasteiger charge is 2.47.